The van der Waals surface area contributed by atoms with E-state index in [2.05, 4.69) is 54.6 Å². The van der Waals surface area contributed by atoms with Gasteiger partial charge in [-0.1, -0.05) is 26.0 Å². The first-order chi connectivity index (χ1) is 9.24. The molecule has 0 fully saturated rings. The van der Waals surface area contributed by atoms with Crippen LogP contribution in [0, 0.1) is 0 Å². The fourth-order valence-electron chi connectivity index (χ4n) is 2.06. The number of nitrogens with one attached hydrogen (secondary N) is 1. The standard InChI is InChI=1S/C15H26N2OS/c1-4-17(5-2)11-10-16-15(12-18)13-6-8-14(19-3)9-7-13/h6-9,15-16,18H,4-5,10-12H2,1-3H3. The average molecular weight is 282 g/mol. The monoisotopic (exact) mass is 282 g/mol. The maximum Gasteiger partial charge on any atom is 0.0626 e. The van der Waals surface area contributed by atoms with E-state index in [9.17, 15) is 5.11 Å². The van der Waals surface area contributed by atoms with Gasteiger partial charge in [-0.25, -0.2) is 0 Å². The van der Waals surface area contributed by atoms with Crippen molar-refractivity contribution in [2.45, 2.75) is 24.8 Å². The van der Waals surface area contributed by atoms with Crippen molar-refractivity contribution >= 4 is 11.8 Å². The van der Waals surface area contributed by atoms with Crippen LogP contribution in [0.3, 0.4) is 0 Å². The summed E-state index contributed by atoms with van der Waals surface area (Å²) in [6.45, 7) is 8.55. The van der Waals surface area contributed by atoms with E-state index >= 15 is 0 Å². The summed E-state index contributed by atoms with van der Waals surface area (Å²) in [5.74, 6) is 0. The Kier molecular flexibility index (Phi) is 8.14. The summed E-state index contributed by atoms with van der Waals surface area (Å²) in [6, 6.07) is 8.43. The molecule has 0 spiro atoms. The molecule has 19 heavy (non-hydrogen) atoms. The normalized spacial score (nSPS) is 12.9. The van der Waals surface area contributed by atoms with Gasteiger partial charge in [0.25, 0.3) is 0 Å². The number of nitrogens with zero attached hydrogens (tertiary/aromatic N) is 1. The first-order valence-corrected chi connectivity index (χ1v) is 8.18. The van der Waals surface area contributed by atoms with Crippen molar-refractivity contribution in [2.24, 2.45) is 0 Å². The highest BCUT2D eigenvalue weighted by Crippen LogP contribution is 2.18. The van der Waals surface area contributed by atoms with E-state index < -0.39 is 0 Å². The topological polar surface area (TPSA) is 35.5 Å². The molecule has 0 heterocycles. The second-order valence-electron chi connectivity index (χ2n) is 4.49. The summed E-state index contributed by atoms with van der Waals surface area (Å²) in [4.78, 5) is 3.63. The lowest BCUT2D eigenvalue weighted by molar-refractivity contribution is 0.233. The predicted octanol–water partition coefficient (Wildman–Crippen LogP) is 2.37. The molecule has 0 bridgehead atoms. The van der Waals surface area contributed by atoms with E-state index in [0.717, 1.165) is 31.7 Å². The van der Waals surface area contributed by atoms with Gasteiger partial charge in [-0.05, 0) is 37.0 Å². The lowest BCUT2D eigenvalue weighted by atomic mass is 10.1. The van der Waals surface area contributed by atoms with Crippen molar-refractivity contribution in [3.63, 3.8) is 0 Å². The minimum atomic E-state index is 0.0338. The molecule has 0 aromatic heterocycles. The van der Waals surface area contributed by atoms with Crippen LogP contribution < -0.4 is 5.32 Å². The van der Waals surface area contributed by atoms with Crippen LogP contribution in [-0.4, -0.2) is 49.0 Å². The molecule has 1 aromatic carbocycles. The lowest BCUT2D eigenvalue weighted by Crippen LogP contribution is -2.34. The fourth-order valence-corrected chi connectivity index (χ4v) is 2.47. The van der Waals surface area contributed by atoms with Crippen molar-refractivity contribution in [1.82, 2.24) is 10.2 Å². The molecule has 1 unspecified atom stereocenters. The Hall–Kier alpha value is -0.550. The highest BCUT2D eigenvalue weighted by molar-refractivity contribution is 7.98. The zero-order chi connectivity index (χ0) is 14.1. The summed E-state index contributed by atoms with van der Waals surface area (Å²) in [5, 5.41) is 12.9. The van der Waals surface area contributed by atoms with Gasteiger partial charge in [-0.2, -0.15) is 0 Å². The number of hydrogen-bond donors (Lipinski definition) is 2. The number of hydrogen-bond acceptors (Lipinski definition) is 4. The van der Waals surface area contributed by atoms with Gasteiger partial charge in [-0.15, -0.1) is 11.8 Å². The molecule has 0 aliphatic heterocycles. The van der Waals surface area contributed by atoms with Gasteiger partial charge in [0.05, 0.1) is 12.6 Å². The number of aliphatic hydroxyl groups excluding tert-OH is 1. The smallest absolute Gasteiger partial charge is 0.0626 e. The summed E-state index contributed by atoms with van der Waals surface area (Å²) < 4.78 is 0. The molecular weight excluding hydrogens is 256 g/mol. The first-order valence-electron chi connectivity index (χ1n) is 6.95. The molecule has 0 saturated carbocycles. The predicted molar refractivity (Wildman–Crippen MR) is 83.8 cm³/mol. The molecule has 108 valence electrons. The number of rotatable bonds is 9. The van der Waals surface area contributed by atoms with E-state index in [1.54, 1.807) is 11.8 Å². The Morgan fingerprint density at radius 1 is 1.21 bits per heavy atom. The van der Waals surface area contributed by atoms with Crippen LogP contribution in [-0.2, 0) is 0 Å². The minimum absolute atomic E-state index is 0.0338. The summed E-state index contributed by atoms with van der Waals surface area (Å²) >= 11 is 1.73. The SMILES string of the molecule is CCN(CC)CCNC(CO)c1ccc(SC)cc1. The second kappa shape index (κ2) is 9.37. The third-order valence-corrected chi connectivity index (χ3v) is 4.16. The van der Waals surface area contributed by atoms with Gasteiger partial charge in [0, 0.05) is 18.0 Å². The van der Waals surface area contributed by atoms with Gasteiger partial charge in [0.1, 0.15) is 0 Å². The molecular formula is C15H26N2OS. The molecule has 2 N–H and O–H groups in total. The minimum Gasteiger partial charge on any atom is -0.394 e. The number of benzene rings is 1. The quantitative estimate of drug-likeness (QED) is 0.682. The van der Waals surface area contributed by atoms with Crippen LogP contribution in [0.5, 0.6) is 0 Å². The molecule has 0 amide bonds. The van der Waals surface area contributed by atoms with Gasteiger partial charge in [0.2, 0.25) is 0 Å². The maximum atomic E-state index is 9.50. The van der Waals surface area contributed by atoms with Crippen LogP contribution in [0.15, 0.2) is 29.2 Å². The van der Waals surface area contributed by atoms with Crippen LogP contribution in [0.25, 0.3) is 0 Å². The highest BCUT2D eigenvalue weighted by atomic mass is 32.2. The molecule has 1 aromatic rings. The number of thioether (sulfide) groups is 1. The Balaban J connectivity index is 2.48. The van der Waals surface area contributed by atoms with Gasteiger partial charge in [-0.3, -0.25) is 0 Å². The highest BCUT2D eigenvalue weighted by Gasteiger charge is 2.09. The van der Waals surface area contributed by atoms with Crippen molar-refractivity contribution in [1.29, 1.82) is 0 Å². The Morgan fingerprint density at radius 3 is 2.32 bits per heavy atom. The average Bonchev–Trinajstić information content (AvgIpc) is 2.48. The van der Waals surface area contributed by atoms with E-state index in [0.29, 0.717) is 0 Å². The molecule has 1 rings (SSSR count). The van der Waals surface area contributed by atoms with Crippen LogP contribution in [0.1, 0.15) is 25.5 Å². The maximum absolute atomic E-state index is 9.50. The summed E-state index contributed by atoms with van der Waals surface area (Å²) in [7, 11) is 0. The van der Waals surface area contributed by atoms with Crippen LogP contribution >= 0.6 is 11.8 Å². The molecule has 1 atom stereocenters. The van der Waals surface area contributed by atoms with Crippen molar-refractivity contribution < 1.29 is 5.11 Å². The van der Waals surface area contributed by atoms with E-state index in [1.165, 1.54) is 4.90 Å². The zero-order valence-corrected chi connectivity index (χ0v) is 13.0. The molecule has 0 saturated heterocycles. The molecule has 3 nitrogen and oxygen atoms in total. The van der Waals surface area contributed by atoms with Crippen molar-refractivity contribution in [2.75, 3.05) is 39.0 Å². The fraction of sp³-hybridized carbons (Fsp3) is 0.600. The number of aliphatic hydroxyl groups is 1. The Bertz CT molecular complexity index is 339. The lowest BCUT2D eigenvalue weighted by Gasteiger charge is -2.21. The van der Waals surface area contributed by atoms with E-state index in [-0.39, 0.29) is 12.6 Å². The van der Waals surface area contributed by atoms with Gasteiger partial charge < -0.3 is 15.3 Å². The second-order valence-corrected chi connectivity index (χ2v) is 5.37. The largest absolute Gasteiger partial charge is 0.394 e. The first kappa shape index (κ1) is 16.5. The third-order valence-electron chi connectivity index (χ3n) is 3.41. The molecule has 0 aliphatic carbocycles. The van der Waals surface area contributed by atoms with Crippen molar-refractivity contribution in [3.8, 4) is 0 Å². The molecule has 0 radical (unpaired) electrons. The van der Waals surface area contributed by atoms with Gasteiger partial charge >= 0.3 is 0 Å². The van der Waals surface area contributed by atoms with Crippen molar-refractivity contribution in [3.05, 3.63) is 29.8 Å². The third kappa shape index (κ3) is 5.53. The summed E-state index contributed by atoms with van der Waals surface area (Å²) in [5.41, 5.74) is 1.15. The molecule has 4 heteroatoms. The Morgan fingerprint density at radius 2 is 1.84 bits per heavy atom. The Labute approximate surface area is 121 Å². The van der Waals surface area contributed by atoms with Gasteiger partial charge in [0.15, 0.2) is 0 Å². The summed E-state index contributed by atoms with van der Waals surface area (Å²) in [6.07, 6.45) is 2.07. The van der Waals surface area contributed by atoms with E-state index in [1.807, 2.05) is 0 Å². The number of likely N-dealkylation sites (N-methyl/N-ethyl adjacent to an activating group) is 1. The van der Waals surface area contributed by atoms with E-state index in [4.69, 9.17) is 0 Å². The van der Waals surface area contributed by atoms with Crippen LogP contribution in [0.4, 0.5) is 0 Å². The zero-order valence-electron chi connectivity index (χ0n) is 12.2. The molecule has 0 aliphatic rings. The van der Waals surface area contributed by atoms with Crippen LogP contribution in [0.2, 0.25) is 0 Å².